The first kappa shape index (κ1) is 90.1. The van der Waals surface area contributed by atoms with Crippen molar-refractivity contribution >= 4 is 88.6 Å². The number of nitrogens with two attached hydrogens (primary N) is 3. The second kappa shape index (κ2) is 44.8. The topological polar surface area (TPSA) is 551 Å². The number of phenolic OH excluding ortho intramolecular Hbond substituents is 2. The highest BCUT2D eigenvalue weighted by Gasteiger charge is 2.42. The first-order valence-electron chi connectivity index (χ1n) is 37.5. The third-order valence-electron chi connectivity index (χ3n) is 19.0. The molecule has 606 valence electrons. The maximum absolute atomic E-state index is 15.0. The Labute approximate surface area is 644 Å². The lowest BCUT2D eigenvalue weighted by Gasteiger charge is -2.31. The summed E-state index contributed by atoms with van der Waals surface area (Å²) < 4.78 is 0. The van der Waals surface area contributed by atoms with Crippen molar-refractivity contribution in [1.29, 1.82) is 0 Å². The molecule has 35 nitrogen and oxygen atoms in total. The number of phenols is 2. The highest BCUT2D eigenvalue weighted by Crippen LogP contribution is 2.22. The van der Waals surface area contributed by atoms with Gasteiger partial charge in [-0.25, -0.2) is 4.98 Å². The van der Waals surface area contributed by atoms with Crippen LogP contribution in [-0.2, 0) is 97.6 Å². The molecule has 1 aromatic heterocycles. The Morgan fingerprint density at radius 1 is 0.486 bits per heavy atom. The van der Waals surface area contributed by atoms with Gasteiger partial charge in [0.05, 0.1) is 12.7 Å². The van der Waals surface area contributed by atoms with Crippen molar-refractivity contribution in [1.82, 2.24) is 78.7 Å². The summed E-state index contributed by atoms with van der Waals surface area (Å²) in [7, 11) is 0. The number of hydrogen-bond acceptors (Lipinski definition) is 19. The average Bonchev–Trinajstić information content (AvgIpc) is 1.77. The lowest BCUT2D eigenvalue weighted by atomic mass is 9.97. The second-order valence-electron chi connectivity index (χ2n) is 28.1. The van der Waals surface area contributed by atoms with Crippen molar-refractivity contribution in [2.75, 3.05) is 13.1 Å². The first-order valence-corrected chi connectivity index (χ1v) is 37.5. The third kappa shape index (κ3) is 28.8. The third-order valence-corrected chi connectivity index (χ3v) is 19.0. The predicted octanol–water partition coefficient (Wildman–Crippen LogP) is -1.64. The van der Waals surface area contributed by atoms with Crippen molar-refractivity contribution in [2.45, 2.75) is 231 Å². The monoisotopic (exact) mass is 1550 g/mol. The summed E-state index contributed by atoms with van der Waals surface area (Å²) in [5.41, 5.74) is 19.0. The Hall–Kier alpha value is -11.5. The molecule has 3 aromatic carbocycles. The molecule has 35 heteroatoms. The van der Waals surface area contributed by atoms with Crippen LogP contribution >= 0.6 is 0 Å². The molecular formula is C76H110N18O17. The van der Waals surface area contributed by atoms with E-state index in [2.05, 4.69) is 73.8 Å². The summed E-state index contributed by atoms with van der Waals surface area (Å²) in [4.78, 5) is 216. The molecule has 0 bridgehead atoms. The lowest BCUT2D eigenvalue weighted by molar-refractivity contribution is -0.142. The van der Waals surface area contributed by atoms with Gasteiger partial charge in [0.25, 0.3) is 0 Å². The van der Waals surface area contributed by atoms with Gasteiger partial charge in [0, 0.05) is 51.0 Å². The van der Waals surface area contributed by atoms with Crippen molar-refractivity contribution in [3.05, 3.63) is 114 Å². The van der Waals surface area contributed by atoms with Crippen LogP contribution < -0.4 is 81.0 Å². The van der Waals surface area contributed by atoms with Gasteiger partial charge in [0.2, 0.25) is 88.6 Å². The van der Waals surface area contributed by atoms with Gasteiger partial charge < -0.3 is 101 Å². The molecular weight excluding hydrogens is 1440 g/mol. The van der Waals surface area contributed by atoms with E-state index in [1.54, 1.807) is 90.9 Å². The Morgan fingerprint density at radius 3 is 1.46 bits per heavy atom. The summed E-state index contributed by atoms with van der Waals surface area (Å²) in [6, 6.07) is 2.95. The number of H-pyrrole nitrogens is 1. The SMILES string of the molecule is CCC(NC(C)=O)C(=O)N[C@@H](CC(N)=O)C(=O)N[C@@H](Cc1ccc(O)cc1)C(=O)N[C@H](C(=O)N[C@@H](Cc1ccccc1)C(=O)N1CCC[C@H]1C(=O)N[C@@H](C)C(=O)N[C@@H](Cc1cnc[nH]1)C(=O)N[C@@H](CCCCN)C(=O)NC(CC)C(=O)N[C@H](C(=O)NC(CC)C(=O)N[C@@H](Cc1ccc(O)cc1)C(N)=O)[C@@H](C)CC)C(C)C. The number of aromatic amines is 1. The maximum Gasteiger partial charge on any atom is 0.246 e. The number of benzene rings is 3. The molecule has 1 fully saturated rings. The van der Waals surface area contributed by atoms with Crippen LogP contribution in [0.4, 0.5) is 0 Å². The van der Waals surface area contributed by atoms with E-state index >= 15 is 4.79 Å². The smallest absolute Gasteiger partial charge is 0.246 e. The van der Waals surface area contributed by atoms with Gasteiger partial charge in [0.1, 0.15) is 90.0 Å². The molecule has 14 atom stereocenters. The number of aromatic hydroxyl groups is 2. The molecule has 21 N–H and O–H groups in total. The molecule has 0 aliphatic carbocycles. The summed E-state index contributed by atoms with van der Waals surface area (Å²) in [5, 5.41) is 51.4. The van der Waals surface area contributed by atoms with E-state index in [0.29, 0.717) is 48.1 Å². The molecule has 1 saturated heterocycles. The number of aromatic nitrogens is 2. The number of imidazole rings is 1. The number of nitrogens with zero attached hydrogens (tertiary/aromatic N) is 2. The summed E-state index contributed by atoms with van der Waals surface area (Å²) in [6.45, 7) is 14.4. The van der Waals surface area contributed by atoms with Gasteiger partial charge in [-0.15, -0.1) is 0 Å². The van der Waals surface area contributed by atoms with Gasteiger partial charge in [-0.2, -0.15) is 0 Å². The van der Waals surface area contributed by atoms with E-state index in [9.17, 15) is 77.3 Å². The van der Waals surface area contributed by atoms with Crippen LogP contribution in [0.15, 0.2) is 91.4 Å². The summed E-state index contributed by atoms with van der Waals surface area (Å²) >= 11 is 0. The van der Waals surface area contributed by atoms with E-state index < -0.39 is 185 Å². The fourth-order valence-electron chi connectivity index (χ4n) is 12.3. The van der Waals surface area contributed by atoms with Crippen molar-refractivity contribution in [2.24, 2.45) is 29.0 Å². The fourth-order valence-corrected chi connectivity index (χ4v) is 12.3. The predicted molar refractivity (Wildman–Crippen MR) is 406 cm³/mol. The molecule has 0 radical (unpaired) electrons. The Bertz CT molecular complexity index is 3830. The molecule has 15 amide bonds. The van der Waals surface area contributed by atoms with Gasteiger partial charge in [0.15, 0.2) is 0 Å². The summed E-state index contributed by atoms with van der Waals surface area (Å²) in [6.07, 6.45) is 3.21. The summed E-state index contributed by atoms with van der Waals surface area (Å²) in [5.74, 6) is -13.5. The Balaban J connectivity index is 1.31. The van der Waals surface area contributed by atoms with Crippen LogP contribution in [0.2, 0.25) is 0 Å². The van der Waals surface area contributed by atoms with Gasteiger partial charge >= 0.3 is 0 Å². The quantitative estimate of drug-likeness (QED) is 0.0221. The normalized spacial score (nSPS) is 16.0. The van der Waals surface area contributed by atoms with Crippen LogP contribution in [0.25, 0.3) is 0 Å². The Kier molecular flexibility index (Phi) is 36.4. The highest BCUT2D eigenvalue weighted by molar-refractivity contribution is 6.01. The molecule has 0 spiro atoms. The molecule has 1 aliphatic heterocycles. The van der Waals surface area contributed by atoms with Crippen LogP contribution in [-0.4, -0.2) is 205 Å². The zero-order valence-electron chi connectivity index (χ0n) is 64.3. The number of carbonyl (C=O) groups excluding carboxylic acids is 15. The molecule has 5 rings (SSSR count). The zero-order chi connectivity index (χ0) is 82.2. The van der Waals surface area contributed by atoms with Crippen LogP contribution in [0.3, 0.4) is 0 Å². The number of likely N-dealkylation sites (tertiary alicyclic amines) is 1. The minimum absolute atomic E-state index is 0.00280. The van der Waals surface area contributed by atoms with Crippen LogP contribution in [0, 0.1) is 11.8 Å². The van der Waals surface area contributed by atoms with E-state index in [1.165, 1.54) is 67.7 Å². The van der Waals surface area contributed by atoms with Crippen LogP contribution in [0.5, 0.6) is 11.5 Å². The molecule has 111 heavy (non-hydrogen) atoms. The number of carbonyl (C=O) groups is 15. The molecule has 4 aromatic rings. The second-order valence-corrected chi connectivity index (χ2v) is 28.1. The number of unbranched alkanes of at least 4 members (excludes halogenated alkanes) is 1. The van der Waals surface area contributed by atoms with E-state index in [0.717, 1.165) is 0 Å². The highest BCUT2D eigenvalue weighted by atomic mass is 16.3. The zero-order valence-corrected chi connectivity index (χ0v) is 64.3. The van der Waals surface area contributed by atoms with E-state index in [4.69, 9.17) is 17.2 Å². The van der Waals surface area contributed by atoms with Gasteiger partial charge in [-0.1, -0.05) is 109 Å². The fraction of sp³-hybridized carbons (Fsp3) is 0.526. The number of nitrogens with one attached hydrogen (secondary N) is 13. The molecule has 2 heterocycles. The van der Waals surface area contributed by atoms with Gasteiger partial charge in [-0.3, -0.25) is 71.9 Å². The number of hydrogen-bond donors (Lipinski definition) is 18. The van der Waals surface area contributed by atoms with Crippen molar-refractivity contribution in [3.8, 4) is 11.5 Å². The van der Waals surface area contributed by atoms with E-state index in [1.807, 2.05) is 0 Å². The van der Waals surface area contributed by atoms with Crippen LogP contribution in [0.1, 0.15) is 149 Å². The van der Waals surface area contributed by atoms with Gasteiger partial charge in [-0.05, 0) is 118 Å². The first-order chi connectivity index (χ1) is 52.7. The maximum atomic E-state index is 15.0. The molecule has 0 saturated carbocycles. The molecule has 1 aliphatic rings. The minimum Gasteiger partial charge on any atom is -0.508 e. The van der Waals surface area contributed by atoms with Crippen molar-refractivity contribution < 1.29 is 82.1 Å². The minimum atomic E-state index is -1.64. The molecule has 3 unspecified atom stereocenters. The standard InChI is InChI=1S/C76H110N18O17/c1-10-42(7)63(75(110)85-52(12-3)67(102)87-55(64(79)99)34-46-24-28-49(96)29-25-46)93-68(103)53(13-4)84-69(104)54(22-17-18-32-77)86-70(105)57(37-48-39-80-40-81-48)88-65(100)43(8)82-73(108)60-23-19-33-94(60)76(111)59(36-45-20-15-14-16-21-45)91-74(109)62(41(5)6)92-72(107)56(35-47-26-30-50(97)31-27-47)89-71(106)58(38-61(78)98)90-66(101)51(11-2)83-44(9)95/h14-16,20-21,24-31,39-43,51-60,62-63,96-97H,10-13,17-19,22-23,32-38,77H2,1-9H3,(H2,78,98)(H2,79,99)(H,80,81)(H,82,108)(H,83,95)(H,84,104)(H,85,110)(H,86,105)(H,87,102)(H,88,100)(H,89,106)(H,90,101)(H,91,109)(H,92,107)(H,93,103)/t42-,43-,51?,52?,53?,54-,55-,56-,57-,58-,59-,60-,62-,63-/m0/s1. The van der Waals surface area contributed by atoms with Crippen molar-refractivity contribution in [3.63, 3.8) is 0 Å². The number of rotatable bonds is 45. The number of amides is 15. The largest absolute Gasteiger partial charge is 0.508 e. The average molecular weight is 1550 g/mol. The lowest BCUT2D eigenvalue weighted by Crippen LogP contribution is -2.61. The Morgan fingerprint density at radius 2 is 0.928 bits per heavy atom. The van der Waals surface area contributed by atoms with E-state index in [-0.39, 0.29) is 82.4 Å². The number of primary amides is 2.